The molecule has 2 rings (SSSR count). The quantitative estimate of drug-likeness (QED) is 0.601. The predicted octanol–water partition coefficient (Wildman–Crippen LogP) is 4.44. The van der Waals surface area contributed by atoms with Gasteiger partial charge >= 0.3 is 0 Å². The van der Waals surface area contributed by atoms with Crippen LogP contribution in [0.5, 0.6) is 0 Å². The number of Topliss-reactive ketones (excluding diaryl/α,β-unsaturated/α-hetero) is 1. The highest BCUT2D eigenvalue weighted by Crippen LogP contribution is 2.23. The van der Waals surface area contributed by atoms with Crippen LogP contribution in [0.3, 0.4) is 0 Å². The van der Waals surface area contributed by atoms with E-state index in [4.69, 9.17) is 5.26 Å². The zero-order valence-electron chi connectivity index (χ0n) is 11.3. The first-order valence-electron chi connectivity index (χ1n) is 6.48. The Hall–Kier alpha value is -2.05. The van der Waals surface area contributed by atoms with Crippen molar-refractivity contribution in [2.75, 3.05) is 0 Å². The lowest BCUT2D eigenvalue weighted by Crippen LogP contribution is -1.95. The molecule has 0 aliphatic heterocycles. The third-order valence-electron chi connectivity index (χ3n) is 2.96. The zero-order chi connectivity index (χ0) is 14.4. The number of nitrogens with zero attached hydrogens (tertiary/aromatic N) is 1. The maximum Gasteiger partial charge on any atom is 0.162 e. The number of ketones is 1. The summed E-state index contributed by atoms with van der Waals surface area (Å²) in [5.41, 5.74) is 2.58. The Balaban J connectivity index is 2.00. The van der Waals surface area contributed by atoms with E-state index in [0.29, 0.717) is 12.0 Å². The van der Waals surface area contributed by atoms with Crippen molar-refractivity contribution in [1.82, 2.24) is 0 Å². The molecular formula is C17H15NOS. The molecule has 100 valence electrons. The lowest BCUT2D eigenvalue weighted by molar-refractivity contribution is 0.0988. The van der Waals surface area contributed by atoms with Crippen LogP contribution in [0.2, 0.25) is 0 Å². The van der Waals surface area contributed by atoms with Gasteiger partial charge in [0, 0.05) is 22.6 Å². The highest BCUT2D eigenvalue weighted by atomic mass is 32.2. The number of carbonyl (C=O) groups excluding carboxylic acids is 1. The molecule has 0 fully saturated rings. The molecule has 20 heavy (non-hydrogen) atoms. The molecule has 2 nitrogen and oxygen atoms in total. The largest absolute Gasteiger partial charge is 0.294 e. The Morgan fingerprint density at radius 2 is 1.95 bits per heavy atom. The average Bonchev–Trinajstić information content (AvgIpc) is 2.53. The lowest BCUT2D eigenvalue weighted by Gasteiger charge is -2.04. The summed E-state index contributed by atoms with van der Waals surface area (Å²) in [4.78, 5) is 12.7. The van der Waals surface area contributed by atoms with E-state index in [0.717, 1.165) is 21.8 Å². The molecule has 0 saturated carbocycles. The molecular weight excluding hydrogens is 266 g/mol. The van der Waals surface area contributed by atoms with E-state index < -0.39 is 0 Å². The maximum absolute atomic E-state index is 11.5. The lowest BCUT2D eigenvalue weighted by atomic mass is 10.1. The summed E-state index contributed by atoms with van der Waals surface area (Å²) in [5, 5.41) is 8.86. The second-order valence-corrected chi connectivity index (χ2v) is 5.45. The van der Waals surface area contributed by atoms with Gasteiger partial charge in [-0.1, -0.05) is 31.2 Å². The van der Waals surface area contributed by atoms with E-state index in [-0.39, 0.29) is 5.78 Å². The van der Waals surface area contributed by atoms with Crippen LogP contribution in [-0.4, -0.2) is 5.78 Å². The molecule has 0 N–H and O–H groups in total. The standard InChI is InChI=1S/C17H15NOS/c1-2-17(19)15-6-8-16(9-7-15)20-12-14-5-3-4-13(10-14)11-18/h3-10H,2,12H2,1H3. The molecule has 0 atom stereocenters. The fourth-order valence-corrected chi connectivity index (χ4v) is 2.68. The van der Waals surface area contributed by atoms with Crippen LogP contribution in [0.15, 0.2) is 53.4 Å². The number of hydrogen-bond donors (Lipinski definition) is 0. The third kappa shape index (κ3) is 3.72. The van der Waals surface area contributed by atoms with Crippen molar-refractivity contribution in [2.24, 2.45) is 0 Å². The van der Waals surface area contributed by atoms with Crippen molar-refractivity contribution in [3.8, 4) is 6.07 Å². The molecule has 3 heteroatoms. The first-order chi connectivity index (χ1) is 9.72. The number of carbonyl (C=O) groups is 1. The summed E-state index contributed by atoms with van der Waals surface area (Å²) in [6.07, 6.45) is 0.535. The Bertz CT molecular complexity index is 641. The van der Waals surface area contributed by atoms with E-state index in [9.17, 15) is 4.79 Å². The molecule has 0 unspecified atom stereocenters. The summed E-state index contributed by atoms with van der Waals surface area (Å²) in [7, 11) is 0. The normalized spacial score (nSPS) is 10.0. The highest BCUT2D eigenvalue weighted by molar-refractivity contribution is 7.98. The van der Waals surface area contributed by atoms with Gasteiger partial charge in [-0.05, 0) is 29.8 Å². The Morgan fingerprint density at radius 1 is 1.20 bits per heavy atom. The summed E-state index contributed by atoms with van der Waals surface area (Å²) >= 11 is 1.70. The number of rotatable bonds is 5. The van der Waals surface area contributed by atoms with E-state index in [1.165, 1.54) is 0 Å². The molecule has 2 aromatic rings. The monoisotopic (exact) mass is 281 g/mol. The van der Waals surface area contributed by atoms with Crippen molar-refractivity contribution in [1.29, 1.82) is 5.26 Å². The Morgan fingerprint density at radius 3 is 2.60 bits per heavy atom. The van der Waals surface area contributed by atoms with Crippen LogP contribution in [0, 0.1) is 11.3 Å². The van der Waals surface area contributed by atoms with Gasteiger partial charge in [-0.25, -0.2) is 0 Å². The van der Waals surface area contributed by atoms with E-state index in [1.54, 1.807) is 17.8 Å². The fourth-order valence-electron chi connectivity index (χ4n) is 1.84. The molecule has 0 aromatic heterocycles. The number of benzene rings is 2. The molecule has 0 radical (unpaired) electrons. The van der Waals surface area contributed by atoms with E-state index >= 15 is 0 Å². The summed E-state index contributed by atoms with van der Waals surface area (Å²) in [6, 6.07) is 17.5. The van der Waals surface area contributed by atoms with Crippen LogP contribution >= 0.6 is 11.8 Å². The molecule has 0 aliphatic carbocycles. The number of hydrogen-bond acceptors (Lipinski definition) is 3. The molecule has 0 heterocycles. The first kappa shape index (κ1) is 14.4. The molecule has 0 spiro atoms. The molecule has 0 bridgehead atoms. The third-order valence-corrected chi connectivity index (χ3v) is 4.04. The molecule has 2 aromatic carbocycles. The molecule has 0 amide bonds. The summed E-state index contributed by atoms with van der Waals surface area (Å²) in [6.45, 7) is 1.87. The molecule has 0 aliphatic rings. The van der Waals surface area contributed by atoms with Gasteiger partial charge in [0.15, 0.2) is 5.78 Å². The van der Waals surface area contributed by atoms with Crippen molar-refractivity contribution in [2.45, 2.75) is 24.0 Å². The van der Waals surface area contributed by atoms with E-state index in [1.807, 2.05) is 49.4 Å². The van der Waals surface area contributed by atoms with Crippen molar-refractivity contribution in [3.05, 3.63) is 65.2 Å². The van der Waals surface area contributed by atoms with Crippen molar-refractivity contribution in [3.63, 3.8) is 0 Å². The second-order valence-electron chi connectivity index (χ2n) is 4.40. The highest BCUT2D eigenvalue weighted by Gasteiger charge is 2.03. The minimum absolute atomic E-state index is 0.170. The maximum atomic E-state index is 11.5. The van der Waals surface area contributed by atoms with Gasteiger partial charge < -0.3 is 0 Å². The smallest absolute Gasteiger partial charge is 0.162 e. The van der Waals surface area contributed by atoms with Crippen LogP contribution in [0.25, 0.3) is 0 Å². The molecule has 0 saturated heterocycles. The van der Waals surface area contributed by atoms with Crippen LogP contribution in [-0.2, 0) is 5.75 Å². The number of thioether (sulfide) groups is 1. The fraction of sp³-hybridized carbons (Fsp3) is 0.176. The number of nitriles is 1. The van der Waals surface area contributed by atoms with Gasteiger partial charge in [0.05, 0.1) is 11.6 Å². The van der Waals surface area contributed by atoms with Gasteiger partial charge in [-0.3, -0.25) is 4.79 Å². The van der Waals surface area contributed by atoms with E-state index in [2.05, 4.69) is 6.07 Å². The topological polar surface area (TPSA) is 40.9 Å². The van der Waals surface area contributed by atoms with Gasteiger partial charge in [-0.2, -0.15) is 5.26 Å². The van der Waals surface area contributed by atoms with Crippen LogP contribution in [0.4, 0.5) is 0 Å². The van der Waals surface area contributed by atoms with Crippen molar-refractivity contribution < 1.29 is 4.79 Å². The van der Waals surface area contributed by atoms with Crippen LogP contribution < -0.4 is 0 Å². The van der Waals surface area contributed by atoms with Gasteiger partial charge in [0.25, 0.3) is 0 Å². The minimum atomic E-state index is 0.170. The average molecular weight is 281 g/mol. The first-order valence-corrected chi connectivity index (χ1v) is 7.46. The summed E-state index contributed by atoms with van der Waals surface area (Å²) < 4.78 is 0. The van der Waals surface area contributed by atoms with Gasteiger partial charge in [-0.15, -0.1) is 11.8 Å². The Labute approximate surface area is 123 Å². The SMILES string of the molecule is CCC(=O)c1ccc(SCc2cccc(C#N)c2)cc1. The zero-order valence-corrected chi connectivity index (χ0v) is 12.1. The Kier molecular flexibility index (Phi) is 4.97. The predicted molar refractivity (Wildman–Crippen MR) is 81.8 cm³/mol. The van der Waals surface area contributed by atoms with Gasteiger partial charge in [0.1, 0.15) is 0 Å². The second kappa shape index (κ2) is 6.93. The minimum Gasteiger partial charge on any atom is -0.294 e. The van der Waals surface area contributed by atoms with Gasteiger partial charge in [0.2, 0.25) is 0 Å². The van der Waals surface area contributed by atoms with Crippen molar-refractivity contribution >= 4 is 17.5 Å². The van der Waals surface area contributed by atoms with Crippen LogP contribution in [0.1, 0.15) is 34.8 Å². The summed E-state index contributed by atoms with van der Waals surface area (Å²) in [5.74, 6) is 0.986.